The van der Waals surface area contributed by atoms with Crippen LogP contribution in [0, 0.1) is 0 Å². The summed E-state index contributed by atoms with van der Waals surface area (Å²) in [5.74, 6) is -1.87. The van der Waals surface area contributed by atoms with Crippen molar-refractivity contribution in [1.29, 1.82) is 0 Å². The highest BCUT2D eigenvalue weighted by Crippen LogP contribution is 2.10. The predicted molar refractivity (Wildman–Crippen MR) is 40.3 cm³/mol. The Morgan fingerprint density at radius 3 is 2.38 bits per heavy atom. The fourth-order valence-corrected chi connectivity index (χ4v) is 2.06. The second kappa shape index (κ2) is 3.02. The van der Waals surface area contributed by atoms with Gasteiger partial charge in [0.15, 0.2) is 15.1 Å². The highest BCUT2D eigenvalue weighted by Gasteiger charge is 2.50. The van der Waals surface area contributed by atoms with Crippen molar-refractivity contribution in [3.63, 3.8) is 0 Å². The molecule has 0 saturated carbocycles. The minimum Gasteiger partial charge on any atom is -0.227 e. The summed E-state index contributed by atoms with van der Waals surface area (Å²) in [7, 11) is -3.80. The predicted octanol–water partition coefficient (Wildman–Crippen LogP) is -2.36. The fraction of sp³-hybridized carbons (Fsp3) is 0.333. The number of carbonyl (C=O) groups is 2. The van der Waals surface area contributed by atoms with Gasteiger partial charge >= 0.3 is 11.8 Å². The lowest BCUT2D eigenvalue weighted by Gasteiger charge is -1.99. The normalized spacial score (nSPS) is 29.3. The van der Waals surface area contributed by atoms with Gasteiger partial charge in [0, 0.05) is 5.41 Å². The maximum Gasteiger partial charge on any atom is 0.370 e. The lowest BCUT2D eigenvalue weighted by Crippen LogP contribution is -3.13. The molecular formula is C6H8NO5S+. The molecule has 13 heavy (non-hydrogen) atoms. The van der Waals surface area contributed by atoms with Crippen LogP contribution < -0.4 is 5.06 Å². The quantitative estimate of drug-likeness (QED) is 0.389. The number of sulfone groups is 1. The van der Waals surface area contributed by atoms with Crippen LogP contribution in [0.15, 0.2) is 12.0 Å². The number of carbonyl (C=O) groups excluding carboxylic acids is 2. The van der Waals surface area contributed by atoms with Gasteiger partial charge in [-0.15, -0.1) is 0 Å². The molecule has 1 aliphatic rings. The van der Waals surface area contributed by atoms with Crippen LogP contribution in [-0.2, 0) is 19.4 Å². The van der Waals surface area contributed by atoms with Crippen molar-refractivity contribution < 1.29 is 28.3 Å². The number of amides is 2. The van der Waals surface area contributed by atoms with Crippen LogP contribution in [0.2, 0.25) is 0 Å². The van der Waals surface area contributed by atoms with Crippen LogP contribution in [0.4, 0.5) is 0 Å². The zero-order chi connectivity index (χ0) is 10.2. The summed E-state index contributed by atoms with van der Waals surface area (Å²) in [5, 5.41) is 6.98. The molecule has 2 N–H and O–H groups in total. The van der Waals surface area contributed by atoms with Gasteiger partial charge in [0.1, 0.15) is 0 Å². The Morgan fingerprint density at radius 2 is 2.08 bits per heavy atom. The average Bonchev–Trinajstić information content (AvgIpc) is 2.33. The van der Waals surface area contributed by atoms with Crippen LogP contribution in [0.3, 0.4) is 0 Å². The van der Waals surface area contributed by atoms with E-state index >= 15 is 0 Å². The first-order valence-electron chi connectivity index (χ1n) is 3.40. The SMILES string of the molecule is C=CS(=O)(=O)C1CC(=O)[NH+](O)C1=O. The molecular weight excluding hydrogens is 198 g/mol. The van der Waals surface area contributed by atoms with Gasteiger partial charge in [-0.3, -0.25) is 0 Å². The minimum absolute atomic E-state index is 0.487. The van der Waals surface area contributed by atoms with E-state index in [1.165, 1.54) is 0 Å². The van der Waals surface area contributed by atoms with E-state index in [0.717, 1.165) is 0 Å². The number of hydrogen-bond donors (Lipinski definition) is 2. The molecule has 0 aromatic rings. The van der Waals surface area contributed by atoms with Crippen molar-refractivity contribution in [3.05, 3.63) is 12.0 Å². The third kappa shape index (κ3) is 1.53. The number of hydroxylamine groups is 2. The van der Waals surface area contributed by atoms with Crippen molar-refractivity contribution in [2.45, 2.75) is 11.7 Å². The van der Waals surface area contributed by atoms with Gasteiger partial charge in [-0.1, -0.05) is 11.6 Å². The second-order valence-electron chi connectivity index (χ2n) is 2.58. The molecule has 2 unspecified atom stereocenters. The van der Waals surface area contributed by atoms with Crippen molar-refractivity contribution in [2.24, 2.45) is 0 Å². The van der Waals surface area contributed by atoms with E-state index in [0.29, 0.717) is 5.41 Å². The number of quaternary nitrogens is 1. The summed E-state index contributed by atoms with van der Waals surface area (Å²) in [5.41, 5.74) is 0. The van der Waals surface area contributed by atoms with Crippen LogP contribution in [0.1, 0.15) is 6.42 Å². The van der Waals surface area contributed by atoms with Crippen LogP contribution in [-0.4, -0.2) is 30.7 Å². The van der Waals surface area contributed by atoms with Gasteiger partial charge in [-0.05, 0) is 0 Å². The summed E-state index contributed by atoms with van der Waals surface area (Å²) in [6.45, 7) is 3.02. The maximum absolute atomic E-state index is 11.1. The monoisotopic (exact) mass is 206 g/mol. The maximum atomic E-state index is 11.1. The van der Waals surface area contributed by atoms with E-state index in [4.69, 9.17) is 5.21 Å². The molecule has 0 aromatic carbocycles. The van der Waals surface area contributed by atoms with Gasteiger partial charge in [-0.2, -0.15) is 0 Å². The van der Waals surface area contributed by atoms with E-state index in [-0.39, 0.29) is 0 Å². The van der Waals surface area contributed by atoms with Crippen LogP contribution >= 0.6 is 0 Å². The highest BCUT2D eigenvalue weighted by molar-refractivity contribution is 7.95. The Morgan fingerprint density at radius 1 is 1.54 bits per heavy atom. The first kappa shape index (κ1) is 10.0. The molecule has 1 aliphatic heterocycles. The zero-order valence-corrected chi connectivity index (χ0v) is 7.37. The molecule has 0 radical (unpaired) electrons. The van der Waals surface area contributed by atoms with Crippen LogP contribution in [0.25, 0.3) is 0 Å². The van der Waals surface area contributed by atoms with Gasteiger partial charge < -0.3 is 0 Å². The lowest BCUT2D eigenvalue weighted by molar-refractivity contribution is -0.948. The fourth-order valence-electron chi connectivity index (χ4n) is 1.03. The van der Waals surface area contributed by atoms with E-state index in [1.807, 2.05) is 0 Å². The van der Waals surface area contributed by atoms with Crippen molar-refractivity contribution >= 4 is 21.7 Å². The average molecular weight is 206 g/mol. The van der Waals surface area contributed by atoms with E-state index in [9.17, 15) is 18.0 Å². The van der Waals surface area contributed by atoms with Gasteiger partial charge in [-0.25, -0.2) is 23.2 Å². The summed E-state index contributed by atoms with van der Waals surface area (Å²) in [4.78, 5) is 21.7. The van der Waals surface area contributed by atoms with E-state index < -0.39 is 38.4 Å². The zero-order valence-electron chi connectivity index (χ0n) is 6.56. The molecule has 1 fully saturated rings. The molecule has 1 heterocycles. The smallest absolute Gasteiger partial charge is 0.227 e. The molecule has 0 aliphatic carbocycles. The molecule has 6 nitrogen and oxygen atoms in total. The molecule has 0 spiro atoms. The third-order valence-corrected chi connectivity index (χ3v) is 3.43. The van der Waals surface area contributed by atoms with Gasteiger partial charge in [0.25, 0.3) is 0 Å². The standard InChI is InChI=1S/C6H7NO5S/c1-2-13(11,12)4-3-5(8)7(10)6(4)9/h2,4,10H,1,3H2/p+1. The molecule has 2 amide bonds. The van der Waals surface area contributed by atoms with Crippen molar-refractivity contribution in [2.75, 3.05) is 0 Å². The Kier molecular flexibility index (Phi) is 2.33. The summed E-state index contributed by atoms with van der Waals surface area (Å²) < 4.78 is 22.2. The molecule has 1 saturated heterocycles. The summed E-state index contributed by atoms with van der Waals surface area (Å²) >= 11 is 0. The number of rotatable bonds is 2. The molecule has 72 valence electrons. The first-order chi connectivity index (χ1) is 5.90. The second-order valence-corrected chi connectivity index (χ2v) is 4.66. The van der Waals surface area contributed by atoms with Gasteiger partial charge in [0.2, 0.25) is 0 Å². The Labute approximate surface area is 74.3 Å². The summed E-state index contributed by atoms with van der Waals surface area (Å²) in [6, 6.07) is 0. The highest BCUT2D eigenvalue weighted by atomic mass is 32.2. The minimum atomic E-state index is -3.80. The number of imide groups is 1. The molecule has 1 rings (SSSR count). The Bertz CT molecular complexity index is 370. The van der Waals surface area contributed by atoms with E-state index in [2.05, 4.69) is 6.58 Å². The molecule has 7 heteroatoms. The van der Waals surface area contributed by atoms with E-state index in [1.54, 1.807) is 0 Å². The topological polar surface area (TPSA) is 92.9 Å². The largest absolute Gasteiger partial charge is 0.370 e. The van der Waals surface area contributed by atoms with Crippen LogP contribution in [0.5, 0.6) is 0 Å². The first-order valence-corrected chi connectivity index (χ1v) is 5.00. The third-order valence-electron chi connectivity index (χ3n) is 1.79. The Hall–Kier alpha value is -1.05. The lowest BCUT2D eigenvalue weighted by atomic mass is 10.4. The van der Waals surface area contributed by atoms with Gasteiger partial charge in [0.05, 0.1) is 6.42 Å². The molecule has 2 atom stereocenters. The number of hydrogen-bond acceptors (Lipinski definition) is 5. The summed E-state index contributed by atoms with van der Waals surface area (Å²) in [6.07, 6.45) is -0.487. The van der Waals surface area contributed by atoms with Crippen molar-refractivity contribution in [3.8, 4) is 0 Å². The molecule has 0 aromatic heterocycles. The molecule has 0 bridgehead atoms. The Balaban J connectivity index is 3.06. The van der Waals surface area contributed by atoms with Crippen molar-refractivity contribution in [1.82, 2.24) is 0 Å². The number of nitrogens with one attached hydrogen (secondary N) is 1.